The van der Waals surface area contributed by atoms with Crippen molar-refractivity contribution in [3.05, 3.63) is 12.2 Å². The first-order valence-electron chi connectivity index (χ1n) is 6.35. The minimum absolute atomic E-state index is 0.359. The van der Waals surface area contributed by atoms with Gasteiger partial charge in [-0.25, -0.2) is 0 Å². The maximum absolute atomic E-state index is 3.74. The zero-order valence-electron chi connectivity index (χ0n) is 10.6. The molecule has 0 bridgehead atoms. The average Bonchev–Trinajstić information content (AvgIpc) is 2.49. The second kappa shape index (κ2) is 6.29. The number of hydrogen-bond acceptors (Lipinski definition) is 2. The van der Waals surface area contributed by atoms with Crippen molar-refractivity contribution in [2.45, 2.75) is 45.6 Å². The van der Waals surface area contributed by atoms with Gasteiger partial charge < -0.3 is 5.32 Å². The molecule has 2 heteroatoms. The van der Waals surface area contributed by atoms with E-state index in [1.807, 2.05) is 0 Å². The molecule has 0 aromatic heterocycles. The Kier molecular flexibility index (Phi) is 5.34. The van der Waals surface area contributed by atoms with Crippen molar-refractivity contribution in [2.75, 3.05) is 26.2 Å². The van der Waals surface area contributed by atoms with Gasteiger partial charge in [-0.1, -0.05) is 26.0 Å². The van der Waals surface area contributed by atoms with E-state index in [0.717, 1.165) is 6.54 Å². The minimum atomic E-state index is 0.359. The van der Waals surface area contributed by atoms with Gasteiger partial charge in [0.15, 0.2) is 0 Å². The molecule has 0 unspecified atom stereocenters. The normalized spacial score (nSPS) is 23.1. The van der Waals surface area contributed by atoms with E-state index in [9.17, 15) is 0 Å². The molecule has 0 spiro atoms. The lowest BCUT2D eigenvalue weighted by Crippen LogP contribution is -2.50. The SMILES string of the molecule is C/C=C/CN1CCCNC(CC)(CC)C1. The lowest BCUT2D eigenvalue weighted by molar-refractivity contribution is 0.211. The molecule has 2 nitrogen and oxygen atoms in total. The second-order valence-corrected chi connectivity index (χ2v) is 4.57. The molecule has 1 saturated heterocycles. The number of hydrogen-bond donors (Lipinski definition) is 1. The molecule has 1 heterocycles. The molecule has 0 aliphatic carbocycles. The highest BCUT2D eigenvalue weighted by molar-refractivity contribution is 4.93. The van der Waals surface area contributed by atoms with Crippen LogP contribution in [0.3, 0.4) is 0 Å². The summed E-state index contributed by atoms with van der Waals surface area (Å²) in [7, 11) is 0. The van der Waals surface area contributed by atoms with Crippen LogP contribution in [-0.4, -0.2) is 36.6 Å². The molecule has 0 saturated carbocycles. The summed E-state index contributed by atoms with van der Waals surface area (Å²) in [4.78, 5) is 2.58. The predicted molar refractivity (Wildman–Crippen MR) is 67.2 cm³/mol. The Morgan fingerprint density at radius 1 is 1.33 bits per heavy atom. The van der Waals surface area contributed by atoms with Gasteiger partial charge in [-0.3, -0.25) is 4.90 Å². The van der Waals surface area contributed by atoms with Gasteiger partial charge in [0.25, 0.3) is 0 Å². The number of allylic oxidation sites excluding steroid dienone is 1. The van der Waals surface area contributed by atoms with Gasteiger partial charge in [-0.2, -0.15) is 0 Å². The van der Waals surface area contributed by atoms with Crippen LogP contribution in [0.15, 0.2) is 12.2 Å². The predicted octanol–water partition coefficient (Wildman–Crippen LogP) is 2.42. The summed E-state index contributed by atoms with van der Waals surface area (Å²) in [6.45, 7) is 11.4. The summed E-state index contributed by atoms with van der Waals surface area (Å²) in [6, 6.07) is 0. The quantitative estimate of drug-likeness (QED) is 0.717. The molecule has 0 radical (unpaired) electrons. The highest BCUT2D eigenvalue weighted by atomic mass is 15.2. The topological polar surface area (TPSA) is 15.3 Å². The Morgan fingerprint density at radius 2 is 2.07 bits per heavy atom. The fourth-order valence-corrected chi connectivity index (χ4v) is 2.35. The molecule has 15 heavy (non-hydrogen) atoms. The third kappa shape index (κ3) is 3.62. The lowest BCUT2D eigenvalue weighted by atomic mass is 9.92. The summed E-state index contributed by atoms with van der Waals surface area (Å²) in [5.41, 5.74) is 0.359. The number of nitrogens with one attached hydrogen (secondary N) is 1. The fourth-order valence-electron chi connectivity index (χ4n) is 2.35. The minimum Gasteiger partial charge on any atom is -0.310 e. The molecule has 1 rings (SSSR count). The molecule has 1 N–H and O–H groups in total. The van der Waals surface area contributed by atoms with Gasteiger partial charge in [-0.05, 0) is 39.3 Å². The highest BCUT2D eigenvalue weighted by Crippen LogP contribution is 2.19. The summed E-state index contributed by atoms with van der Waals surface area (Å²) in [5.74, 6) is 0. The van der Waals surface area contributed by atoms with Crippen LogP contribution in [0.1, 0.15) is 40.0 Å². The smallest absolute Gasteiger partial charge is 0.0303 e. The number of nitrogens with zero attached hydrogens (tertiary/aromatic N) is 1. The van der Waals surface area contributed by atoms with E-state index < -0.39 is 0 Å². The van der Waals surface area contributed by atoms with E-state index in [1.165, 1.54) is 38.9 Å². The largest absolute Gasteiger partial charge is 0.310 e. The Balaban J connectivity index is 2.59. The van der Waals surface area contributed by atoms with Crippen LogP contribution in [-0.2, 0) is 0 Å². The maximum atomic E-state index is 3.74. The molecule has 1 fully saturated rings. The summed E-state index contributed by atoms with van der Waals surface area (Å²) in [6.07, 6.45) is 8.16. The van der Waals surface area contributed by atoms with Crippen molar-refractivity contribution < 1.29 is 0 Å². The number of rotatable bonds is 4. The fraction of sp³-hybridized carbons (Fsp3) is 0.846. The third-order valence-corrected chi connectivity index (χ3v) is 3.63. The van der Waals surface area contributed by atoms with E-state index in [0.29, 0.717) is 5.54 Å². The molecule has 0 amide bonds. The van der Waals surface area contributed by atoms with E-state index in [-0.39, 0.29) is 0 Å². The van der Waals surface area contributed by atoms with Gasteiger partial charge >= 0.3 is 0 Å². The van der Waals surface area contributed by atoms with E-state index in [2.05, 4.69) is 43.1 Å². The second-order valence-electron chi connectivity index (χ2n) is 4.57. The molecule has 1 aliphatic rings. The van der Waals surface area contributed by atoms with Crippen molar-refractivity contribution in [1.82, 2.24) is 10.2 Å². The Labute approximate surface area is 94.7 Å². The van der Waals surface area contributed by atoms with E-state index >= 15 is 0 Å². The average molecular weight is 210 g/mol. The Morgan fingerprint density at radius 3 is 2.67 bits per heavy atom. The van der Waals surface area contributed by atoms with E-state index in [4.69, 9.17) is 0 Å². The van der Waals surface area contributed by atoms with Crippen molar-refractivity contribution in [2.24, 2.45) is 0 Å². The molecule has 88 valence electrons. The van der Waals surface area contributed by atoms with Crippen molar-refractivity contribution in [3.63, 3.8) is 0 Å². The van der Waals surface area contributed by atoms with Gasteiger partial charge in [0, 0.05) is 18.6 Å². The van der Waals surface area contributed by atoms with Gasteiger partial charge in [0.1, 0.15) is 0 Å². The van der Waals surface area contributed by atoms with Crippen molar-refractivity contribution in [3.8, 4) is 0 Å². The molecule has 0 atom stereocenters. The summed E-state index contributed by atoms with van der Waals surface area (Å²) < 4.78 is 0. The third-order valence-electron chi connectivity index (χ3n) is 3.63. The zero-order valence-corrected chi connectivity index (χ0v) is 10.6. The van der Waals surface area contributed by atoms with Crippen LogP contribution in [0.2, 0.25) is 0 Å². The lowest BCUT2D eigenvalue weighted by Gasteiger charge is -2.35. The van der Waals surface area contributed by atoms with Crippen LogP contribution in [0.25, 0.3) is 0 Å². The van der Waals surface area contributed by atoms with Gasteiger partial charge in [0.05, 0.1) is 0 Å². The first kappa shape index (κ1) is 12.7. The van der Waals surface area contributed by atoms with Gasteiger partial charge in [-0.15, -0.1) is 0 Å². The summed E-state index contributed by atoms with van der Waals surface area (Å²) >= 11 is 0. The Hall–Kier alpha value is -0.340. The highest BCUT2D eigenvalue weighted by Gasteiger charge is 2.29. The molecular formula is C13H26N2. The molecule has 0 aromatic rings. The Bertz CT molecular complexity index is 195. The van der Waals surface area contributed by atoms with Crippen LogP contribution < -0.4 is 5.32 Å². The molecule has 0 aromatic carbocycles. The first-order valence-corrected chi connectivity index (χ1v) is 6.35. The van der Waals surface area contributed by atoms with Crippen LogP contribution in [0.5, 0.6) is 0 Å². The van der Waals surface area contributed by atoms with Crippen LogP contribution in [0, 0.1) is 0 Å². The molecular weight excluding hydrogens is 184 g/mol. The first-order chi connectivity index (χ1) is 7.26. The van der Waals surface area contributed by atoms with E-state index in [1.54, 1.807) is 0 Å². The standard InChI is InChI=1S/C13H26N2/c1-4-7-10-15-11-8-9-14-13(5-2,6-3)12-15/h4,7,14H,5-6,8-12H2,1-3H3/b7-4+. The van der Waals surface area contributed by atoms with Crippen molar-refractivity contribution in [1.29, 1.82) is 0 Å². The van der Waals surface area contributed by atoms with Crippen LogP contribution >= 0.6 is 0 Å². The van der Waals surface area contributed by atoms with Gasteiger partial charge in [0.2, 0.25) is 0 Å². The maximum Gasteiger partial charge on any atom is 0.0303 e. The van der Waals surface area contributed by atoms with Crippen molar-refractivity contribution >= 4 is 0 Å². The monoisotopic (exact) mass is 210 g/mol. The summed E-state index contributed by atoms with van der Waals surface area (Å²) in [5, 5.41) is 3.74. The zero-order chi connectivity index (χ0) is 11.1. The van der Waals surface area contributed by atoms with Crippen LogP contribution in [0.4, 0.5) is 0 Å². The molecule has 1 aliphatic heterocycles.